The van der Waals surface area contributed by atoms with Crippen molar-refractivity contribution in [3.05, 3.63) is 64.3 Å². The first-order chi connectivity index (χ1) is 16.8. The molecule has 1 aliphatic heterocycles. The molecule has 12 heteroatoms. The molecule has 0 atom stereocenters. The summed E-state index contributed by atoms with van der Waals surface area (Å²) in [6.07, 6.45) is -8.33. The second kappa shape index (κ2) is 10.1. The number of amidine groups is 1. The summed E-state index contributed by atoms with van der Waals surface area (Å²) in [6.45, 7) is 3.53. The number of halogens is 6. The summed E-state index contributed by atoms with van der Waals surface area (Å²) < 4.78 is 89.7. The van der Waals surface area contributed by atoms with Gasteiger partial charge in [0.25, 0.3) is 0 Å². The third-order valence-corrected chi connectivity index (χ3v) is 5.51. The van der Waals surface area contributed by atoms with E-state index in [1.807, 2.05) is 0 Å². The quantitative estimate of drug-likeness (QED) is 0.434. The van der Waals surface area contributed by atoms with Crippen molar-refractivity contribution in [3.8, 4) is 11.5 Å². The molecule has 6 nitrogen and oxygen atoms in total. The Hall–Kier alpha value is -3.70. The van der Waals surface area contributed by atoms with Crippen molar-refractivity contribution in [2.24, 2.45) is 0 Å². The standard InChI is InChI=1S/C24H23F6N3O3/c1-4-32-18(21(31)33(5-2)22(32)34)10-14-6-9-19(20(11-14)35-3)36-13-15-7-8-16(23(25,26)27)12-17(15)24(28,29)30/h6-12,31H,4-5,13H2,1-3H3/b18-10-,31-21?. The zero-order valence-corrected chi connectivity index (χ0v) is 19.5. The summed E-state index contributed by atoms with van der Waals surface area (Å²) in [6, 6.07) is 5.54. The molecule has 1 heterocycles. The molecule has 36 heavy (non-hydrogen) atoms. The summed E-state index contributed by atoms with van der Waals surface area (Å²) in [4.78, 5) is 15.2. The summed E-state index contributed by atoms with van der Waals surface area (Å²) >= 11 is 0. The van der Waals surface area contributed by atoms with Gasteiger partial charge in [0.2, 0.25) is 0 Å². The van der Waals surface area contributed by atoms with E-state index in [0.717, 1.165) is 6.07 Å². The molecule has 0 spiro atoms. The lowest BCUT2D eigenvalue weighted by Crippen LogP contribution is -2.32. The number of amides is 2. The van der Waals surface area contributed by atoms with Crippen molar-refractivity contribution in [2.45, 2.75) is 32.8 Å². The fourth-order valence-electron chi connectivity index (χ4n) is 3.70. The summed E-state index contributed by atoms with van der Waals surface area (Å²) in [5, 5.41) is 8.28. The summed E-state index contributed by atoms with van der Waals surface area (Å²) in [5.41, 5.74) is -2.41. The molecule has 2 aromatic carbocycles. The minimum Gasteiger partial charge on any atom is -0.493 e. The summed E-state index contributed by atoms with van der Waals surface area (Å²) in [7, 11) is 1.32. The van der Waals surface area contributed by atoms with Crippen LogP contribution in [0.5, 0.6) is 11.5 Å². The van der Waals surface area contributed by atoms with Crippen LogP contribution in [0.2, 0.25) is 0 Å². The number of hydrogen-bond donors (Lipinski definition) is 1. The van der Waals surface area contributed by atoms with Gasteiger partial charge in [-0.3, -0.25) is 15.2 Å². The molecule has 3 rings (SSSR count). The number of methoxy groups -OCH3 is 1. The first kappa shape index (κ1) is 26.9. The number of carbonyl (C=O) groups is 1. The first-order valence-corrected chi connectivity index (χ1v) is 10.8. The lowest BCUT2D eigenvalue weighted by molar-refractivity contribution is -0.143. The lowest BCUT2D eigenvalue weighted by atomic mass is 10.0. The van der Waals surface area contributed by atoms with E-state index < -0.39 is 35.6 Å². The second-order valence-electron chi connectivity index (χ2n) is 7.72. The van der Waals surface area contributed by atoms with Gasteiger partial charge >= 0.3 is 18.4 Å². The molecule has 1 aliphatic rings. The molecule has 2 aromatic rings. The van der Waals surface area contributed by atoms with Gasteiger partial charge in [-0.2, -0.15) is 26.3 Å². The van der Waals surface area contributed by atoms with E-state index in [-0.39, 0.29) is 29.4 Å². The highest BCUT2D eigenvalue weighted by Crippen LogP contribution is 2.38. The molecular formula is C24H23F6N3O3. The third-order valence-electron chi connectivity index (χ3n) is 5.51. The molecule has 0 saturated carbocycles. The number of nitrogens with one attached hydrogen (secondary N) is 1. The Morgan fingerprint density at radius 1 is 0.917 bits per heavy atom. The highest BCUT2D eigenvalue weighted by molar-refractivity contribution is 6.15. The highest BCUT2D eigenvalue weighted by Gasteiger charge is 2.38. The van der Waals surface area contributed by atoms with Crippen LogP contribution >= 0.6 is 0 Å². The van der Waals surface area contributed by atoms with Crippen molar-refractivity contribution in [2.75, 3.05) is 20.2 Å². The molecule has 0 bridgehead atoms. The Kier molecular flexibility index (Phi) is 7.56. The zero-order valence-electron chi connectivity index (χ0n) is 19.5. The van der Waals surface area contributed by atoms with Crippen LogP contribution in [0.3, 0.4) is 0 Å². The van der Waals surface area contributed by atoms with E-state index in [0.29, 0.717) is 30.4 Å². The Balaban J connectivity index is 1.88. The molecule has 0 unspecified atom stereocenters. The van der Waals surface area contributed by atoms with Crippen molar-refractivity contribution >= 4 is 17.9 Å². The number of hydrogen-bond acceptors (Lipinski definition) is 4. The number of ether oxygens (including phenoxy) is 2. The smallest absolute Gasteiger partial charge is 0.416 e. The fraction of sp³-hybridized carbons (Fsp3) is 0.333. The van der Waals surface area contributed by atoms with Gasteiger partial charge in [-0.25, -0.2) is 4.79 Å². The van der Waals surface area contributed by atoms with Crippen LogP contribution in [0, 0.1) is 5.41 Å². The number of likely N-dealkylation sites (N-methyl/N-ethyl adjacent to an activating group) is 2. The first-order valence-electron chi connectivity index (χ1n) is 10.8. The minimum atomic E-state index is -5.01. The maximum Gasteiger partial charge on any atom is 0.416 e. The molecule has 2 amide bonds. The second-order valence-corrected chi connectivity index (χ2v) is 7.72. The molecule has 1 N–H and O–H groups in total. The van der Waals surface area contributed by atoms with E-state index in [4.69, 9.17) is 14.9 Å². The third kappa shape index (κ3) is 5.42. The van der Waals surface area contributed by atoms with Crippen molar-refractivity contribution in [3.63, 3.8) is 0 Å². The van der Waals surface area contributed by atoms with Crippen LogP contribution < -0.4 is 9.47 Å². The topological polar surface area (TPSA) is 65.9 Å². The molecule has 194 valence electrons. The SMILES string of the molecule is CCN1C(=N)/C(=C/c2ccc(OCc3ccc(C(F)(F)F)cc3C(F)(F)F)c(OC)c2)N(CC)C1=O. The van der Waals surface area contributed by atoms with Crippen LogP contribution in [0.4, 0.5) is 31.1 Å². The van der Waals surface area contributed by atoms with E-state index in [1.54, 1.807) is 26.0 Å². The number of rotatable bonds is 7. The molecular weight excluding hydrogens is 492 g/mol. The predicted molar refractivity (Wildman–Crippen MR) is 120 cm³/mol. The maximum absolute atomic E-state index is 13.4. The van der Waals surface area contributed by atoms with Crippen molar-refractivity contribution in [1.29, 1.82) is 5.41 Å². The average molecular weight is 515 g/mol. The molecule has 1 fully saturated rings. The number of alkyl halides is 6. The van der Waals surface area contributed by atoms with Crippen molar-refractivity contribution < 1.29 is 40.6 Å². The number of carbonyl (C=O) groups excluding carboxylic acids is 1. The van der Waals surface area contributed by atoms with Gasteiger partial charge in [0.1, 0.15) is 6.61 Å². The van der Waals surface area contributed by atoms with Crippen LogP contribution in [0.25, 0.3) is 6.08 Å². The number of benzene rings is 2. The fourth-order valence-corrected chi connectivity index (χ4v) is 3.70. The van der Waals surface area contributed by atoms with Gasteiger partial charge in [0, 0.05) is 18.7 Å². The maximum atomic E-state index is 13.4. The monoisotopic (exact) mass is 515 g/mol. The summed E-state index contributed by atoms with van der Waals surface area (Å²) in [5.74, 6) is 0.245. The van der Waals surface area contributed by atoms with Crippen LogP contribution in [0.1, 0.15) is 36.1 Å². The molecule has 0 aliphatic carbocycles. The van der Waals surface area contributed by atoms with E-state index in [9.17, 15) is 31.1 Å². The van der Waals surface area contributed by atoms with Crippen LogP contribution in [0.15, 0.2) is 42.1 Å². The van der Waals surface area contributed by atoms with Gasteiger partial charge in [-0.15, -0.1) is 0 Å². The largest absolute Gasteiger partial charge is 0.493 e. The van der Waals surface area contributed by atoms with E-state index in [1.165, 1.54) is 29.0 Å². The number of nitrogens with zero attached hydrogens (tertiary/aromatic N) is 2. The van der Waals surface area contributed by atoms with Gasteiger partial charge in [0.15, 0.2) is 17.3 Å². The Labute approximate surface area is 203 Å². The van der Waals surface area contributed by atoms with E-state index >= 15 is 0 Å². The van der Waals surface area contributed by atoms with Crippen molar-refractivity contribution in [1.82, 2.24) is 9.80 Å². The van der Waals surface area contributed by atoms with Crippen LogP contribution in [-0.4, -0.2) is 41.9 Å². The van der Waals surface area contributed by atoms with Gasteiger partial charge in [-0.1, -0.05) is 12.1 Å². The zero-order chi connectivity index (χ0) is 26.8. The lowest BCUT2D eigenvalue weighted by Gasteiger charge is -2.17. The Morgan fingerprint density at radius 2 is 1.58 bits per heavy atom. The Morgan fingerprint density at radius 3 is 2.14 bits per heavy atom. The number of urea groups is 1. The van der Waals surface area contributed by atoms with Gasteiger partial charge < -0.3 is 9.47 Å². The van der Waals surface area contributed by atoms with Gasteiger partial charge in [0.05, 0.1) is 23.9 Å². The minimum absolute atomic E-state index is 0.0330. The van der Waals surface area contributed by atoms with E-state index in [2.05, 4.69) is 0 Å². The predicted octanol–water partition coefficient (Wildman–Crippen LogP) is 6.41. The van der Waals surface area contributed by atoms with Crippen LogP contribution in [-0.2, 0) is 19.0 Å². The molecule has 0 radical (unpaired) electrons. The Bertz CT molecular complexity index is 1190. The van der Waals surface area contributed by atoms with Gasteiger partial charge in [-0.05, 0) is 49.8 Å². The molecule has 1 saturated heterocycles. The highest BCUT2D eigenvalue weighted by atomic mass is 19.4. The normalized spacial score (nSPS) is 15.8. The molecule has 0 aromatic heterocycles. The average Bonchev–Trinajstić information content (AvgIpc) is 3.04.